The summed E-state index contributed by atoms with van der Waals surface area (Å²) in [5, 5.41) is 2.76. The minimum atomic E-state index is -2.93. The number of carbonyl (C=O) groups excluding carboxylic acids is 2. The normalized spacial score (nSPS) is 15.2. The molecule has 2 rings (SSSR count). The Labute approximate surface area is 151 Å². The van der Waals surface area contributed by atoms with E-state index in [0.29, 0.717) is 6.54 Å². The predicted octanol–water partition coefficient (Wildman–Crippen LogP) is 3.84. The Balaban J connectivity index is 1.76. The zero-order valence-corrected chi connectivity index (χ0v) is 14.7. The van der Waals surface area contributed by atoms with Crippen LogP contribution in [0.1, 0.15) is 49.4 Å². The van der Waals surface area contributed by atoms with Crippen molar-refractivity contribution in [2.24, 2.45) is 0 Å². The first-order valence-electron chi connectivity index (χ1n) is 8.67. The third-order valence-electron chi connectivity index (χ3n) is 4.10. The second-order valence-corrected chi connectivity index (χ2v) is 6.10. The van der Waals surface area contributed by atoms with Gasteiger partial charge in [0.25, 0.3) is 5.91 Å². The maximum absolute atomic E-state index is 12.1. The summed E-state index contributed by atoms with van der Waals surface area (Å²) in [6, 6.07) is 5.09. The largest absolute Gasteiger partial charge is 0.449 e. The highest BCUT2D eigenvalue weighted by Gasteiger charge is 2.19. The van der Waals surface area contributed by atoms with Gasteiger partial charge < -0.3 is 14.8 Å². The zero-order chi connectivity index (χ0) is 18.9. The number of ether oxygens (including phenoxy) is 2. The zero-order valence-electron chi connectivity index (χ0n) is 14.7. The molecule has 1 N–H and O–H groups in total. The first-order valence-corrected chi connectivity index (χ1v) is 8.67. The van der Waals surface area contributed by atoms with Crippen LogP contribution in [-0.4, -0.2) is 31.1 Å². The van der Waals surface area contributed by atoms with Gasteiger partial charge in [0, 0.05) is 6.54 Å². The molecule has 1 aliphatic carbocycles. The minimum absolute atomic E-state index is 0.0561. The first-order chi connectivity index (χ1) is 12.5. The highest BCUT2D eigenvalue weighted by Crippen LogP contribution is 2.19. The monoisotopic (exact) mass is 367 g/mol. The number of halogens is 2. The molecule has 1 aromatic carbocycles. The van der Waals surface area contributed by atoms with Crippen molar-refractivity contribution in [3.05, 3.63) is 41.5 Å². The lowest BCUT2D eigenvalue weighted by molar-refractivity contribution is -0.129. The summed E-state index contributed by atoms with van der Waals surface area (Å²) in [6.45, 7) is -0.936. The SMILES string of the molecule is C[C@H](OC(=O)c1ccc(OC(F)F)cc1)C(=O)NCCC1=CCCCC1. The Kier molecular flexibility index (Phi) is 7.56. The van der Waals surface area contributed by atoms with E-state index in [2.05, 4.69) is 16.1 Å². The molecule has 0 aromatic heterocycles. The van der Waals surface area contributed by atoms with E-state index in [1.165, 1.54) is 49.6 Å². The average Bonchev–Trinajstić information content (AvgIpc) is 2.62. The maximum atomic E-state index is 12.1. The van der Waals surface area contributed by atoms with Gasteiger partial charge in [-0.1, -0.05) is 11.6 Å². The molecule has 1 atom stereocenters. The molecule has 0 heterocycles. The molecule has 7 heteroatoms. The van der Waals surface area contributed by atoms with Crippen LogP contribution in [0.4, 0.5) is 8.78 Å². The maximum Gasteiger partial charge on any atom is 0.387 e. The van der Waals surface area contributed by atoms with Gasteiger partial charge in [-0.25, -0.2) is 4.79 Å². The fourth-order valence-electron chi connectivity index (χ4n) is 2.68. The Bertz CT molecular complexity index is 643. The van der Waals surface area contributed by atoms with E-state index in [0.717, 1.165) is 19.3 Å². The lowest BCUT2D eigenvalue weighted by Gasteiger charge is -2.15. The van der Waals surface area contributed by atoms with Crippen LogP contribution in [0.25, 0.3) is 0 Å². The van der Waals surface area contributed by atoms with E-state index in [1.807, 2.05) is 0 Å². The van der Waals surface area contributed by atoms with Gasteiger partial charge in [0.2, 0.25) is 0 Å². The number of hydrogen-bond donors (Lipinski definition) is 1. The number of rotatable bonds is 8. The molecule has 142 valence electrons. The molecule has 0 fully saturated rings. The minimum Gasteiger partial charge on any atom is -0.449 e. The van der Waals surface area contributed by atoms with Crippen molar-refractivity contribution >= 4 is 11.9 Å². The van der Waals surface area contributed by atoms with Crippen LogP contribution in [0.5, 0.6) is 5.75 Å². The number of esters is 1. The molecule has 1 aliphatic rings. The molecular weight excluding hydrogens is 344 g/mol. The van der Waals surface area contributed by atoms with E-state index in [4.69, 9.17) is 4.74 Å². The van der Waals surface area contributed by atoms with Crippen LogP contribution in [0.3, 0.4) is 0 Å². The third-order valence-corrected chi connectivity index (χ3v) is 4.10. The molecular formula is C19H23F2NO4. The van der Waals surface area contributed by atoms with Crippen molar-refractivity contribution in [2.45, 2.75) is 51.7 Å². The molecule has 1 amide bonds. The van der Waals surface area contributed by atoms with Crippen LogP contribution in [0.2, 0.25) is 0 Å². The Morgan fingerprint density at radius 3 is 2.54 bits per heavy atom. The molecule has 0 radical (unpaired) electrons. The van der Waals surface area contributed by atoms with Gasteiger partial charge in [-0.05, 0) is 63.3 Å². The number of amides is 1. The first kappa shape index (κ1) is 19.9. The van der Waals surface area contributed by atoms with Crippen LogP contribution in [0, 0.1) is 0 Å². The van der Waals surface area contributed by atoms with Gasteiger partial charge in [0.1, 0.15) is 5.75 Å². The number of nitrogens with one attached hydrogen (secondary N) is 1. The number of benzene rings is 1. The van der Waals surface area contributed by atoms with Gasteiger partial charge in [-0.2, -0.15) is 8.78 Å². The lowest BCUT2D eigenvalue weighted by Crippen LogP contribution is -2.36. The van der Waals surface area contributed by atoms with E-state index in [-0.39, 0.29) is 17.2 Å². The fourth-order valence-corrected chi connectivity index (χ4v) is 2.68. The van der Waals surface area contributed by atoms with Crippen molar-refractivity contribution in [1.82, 2.24) is 5.32 Å². The van der Waals surface area contributed by atoms with Crippen molar-refractivity contribution in [1.29, 1.82) is 0 Å². The average molecular weight is 367 g/mol. The number of alkyl halides is 2. The highest BCUT2D eigenvalue weighted by molar-refractivity contribution is 5.92. The van der Waals surface area contributed by atoms with Gasteiger partial charge in [-0.15, -0.1) is 0 Å². The molecule has 0 bridgehead atoms. The lowest BCUT2D eigenvalue weighted by atomic mass is 9.97. The van der Waals surface area contributed by atoms with Crippen molar-refractivity contribution in [3.63, 3.8) is 0 Å². The van der Waals surface area contributed by atoms with Crippen molar-refractivity contribution in [3.8, 4) is 5.75 Å². The summed E-state index contributed by atoms with van der Waals surface area (Å²) in [4.78, 5) is 24.0. The molecule has 0 saturated carbocycles. The van der Waals surface area contributed by atoms with E-state index in [9.17, 15) is 18.4 Å². The third kappa shape index (κ3) is 6.46. The Hall–Kier alpha value is -2.44. The number of allylic oxidation sites excluding steroid dienone is 1. The second kappa shape index (κ2) is 9.89. The molecule has 0 spiro atoms. The molecule has 0 unspecified atom stereocenters. The van der Waals surface area contributed by atoms with Gasteiger partial charge >= 0.3 is 12.6 Å². The molecule has 0 saturated heterocycles. The number of carbonyl (C=O) groups is 2. The smallest absolute Gasteiger partial charge is 0.387 e. The fraction of sp³-hybridized carbons (Fsp3) is 0.474. The van der Waals surface area contributed by atoms with E-state index < -0.39 is 18.7 Å². The van der Waals surface area contributed by atoms with Crippen LogP contribution >= 0.6 is 0 Å². The van der Waals surface area contributed by atoms with E-state index in [1.54, 1.807) is 0 Å². The van der Waals surface area contributed by atoms with Crippen LogP contribution in [-0.2, 0) is 9.53 Å². The highest BCUT2D eigenvalue weighted by atomic mass is 19.3. The molecule has 5 nitrogen and oxygen atoms in total. The standard InChI is InChI=1S/C19H23F2NO4/c1-13(17(23)22-12-11-14-5-3-2-4-6-14)25-18(24)15-7-9-16(10-8-15)26-19(20)21/h5,7-10,13,19H,2-4,6,11-12H2,1H3,(H,22,23)/t13-/m0/s1. The summed E-state index contributed by atoms with van der Waals surface area (Å²) in [6.07, 6.45) is 6.66. The Morgan fingerprint density at radius 1 is 1.19 bits per heavy atom. The predicted molar refractivity (Wildman–Crippen MR) is 92.1 cm³/mol. The summed E-state index contributed by atoms with van der Waals surface area (Å²) >= 11 is 0. The second-order valence-electron chi connectivity index (χ2n) is 6.10. The summed E-state index contributed by atoms with van der Waals surface area (Å²) in [5.74, 6) is -1.13. The molecule has 0 aliphatic heterocycles. The summed E-state index contributed by atoms with van der Waals surface area (Å²) in [7, 11) is 0. The topological polar surface area (TPSA) is 64.6 Å². The Morgan fingerprint density at radius 2 is 1.92 bits per heavy atom. The van der Waals surface area contributed by atoms with Gasteiger partial charge in [-0.3, -0.25) is 4.79 Å². The summed E-state index contributed by atoms with van der Waals surface area (Å²) < 4.78 is 33.5. The quantitative estimate of drug-likeness (QED) is 0.560. The summed E-state index contributed by atoms with van der Waals surface area (Å²) in [5.41, 5.74) is 1.51. The van der Waals surface area contributed by atoms with E-state index >= 15 is 0 Å². The van der Waals surface area contributed by atoms with Crippen LogP contribution < -0.4 is 10.1 Å². The van der Waals surface area contributed by atoms with Crippen molar-refractivity contribution < 1.29 is 27.8 Å². The molecule has 26 heavy (non-hydrogen) atoms. The van der Waals surface area contributed by atoms with Crippen LogP contribution in [0.15, 0.2) is 35.9 Å². The van der Waals surface area contributed by atoms with Gasteiger partial charge in [0.15, 0.2) is 6.10 Å². The van der Waals surface area contributed by atoms with Gasteiger partial charge in [0.05, 0.1) is 5.56 Å². The number of hydrogen-bond acceptors (Lipinski definition) is 4. The van der Waals surface area contributed by atoms with Crippen molar-refractivity contribution in [2.75, 3.05) is 6.54 Å². The molecule has 1 aromatic rings.